The number of hydrogen-bond donors (Lipinski definition) is 2. The van der Waals surface area contributed by atoms with Gasteiger partial charge >= 0.3 is 0 Å². The highest BCUT2D eigenvalue weighted by molar-refractivity contribution is 5.97. The van der Waals surface area contributed by atoms with Crippen molar-refractivity contribution < 1.29 is 14.3 Å². The van der Waals surface area contributed by atoms with E-state index in [1.807, 2.05) is 12.1 Å². The molecule has 1 unspecified atom stereocenters. The van der Waals surface area contributed by atoms with E-state index in [9.17, 15) is 4.79 Å². The first kappa shape index (κ1) is 15.6. The van der Waals surface area contributed by atoms with Crippen molar-refractivity contribution in [2.45, 2.75) is 13.0 Å². The molecule has 2 N–H and O–H groups in total. The van der Waals surface area contributed by atoms with Gasteiger partial charge in [-0.15, -0.1) is 0 Å². The predicted octanol–water partition coefficient (Wildman–Crippen LogP) is 2.54. The number of aromatic nitrogens is 1. The molecule has 0 aliphatic heterocycles. The van der Waals surface area contributed by atoms with Crippen LogP contribution in [0.15, 0.2) is 42.6 Å². The zero-order valence-electron chi connectivity index (χ0n) is 12.8. The molecule has 0 spiro atoms. The molecule has 0 radical (unpaired) electrons. The van der Waals surface area contributed by atoms with E-state index in [0.717, 1.165) is 5.69 Å². The van der Waals surface area contributed by atoms with E-state index in [0.29, 0.717) is 17.3 Å². The van der Waals surface area contributed by atoms with Crippen molar-refractivity contribution in [3.8, 4) is 11.6 Å². The number of anilines is 2. The smallest absolute Gasteiger partial charge is 0.246 e. The third-order valence-electron chi connectivity index (χ3n) is 3.09. The maximum Gasteiger partial charge on any atom is 0.246 e. The average molecular weight is 301 g/mol. The van der Waals surface area contributed by atoms with Crippen LogP contribution in [-0.4, -0.2) is 31.2 Å². The van der Waals surface area contributed by atoms with Crippen LogP contribution in [0.4, 0.5) is 11.4 Å². The zero-order valence-corrected chi connectivity index (χ0v) is 12.8. The number of para-hydroxylation sites is 2. The van der Waals surface area contributed by atoms with Crippen molar-refractivity contribution in [1.82, 2.24) is 4.98 Å². The van der Waals surface area contributed by atoms with Crippen LogP contribution >= 0.6 is 0 Å². The van der Waals surface area contributed by atoms with Gasteiger partial charge in [0.15, 0.2) is 0 Å². The molecule has 0 saturated heterocycles. The van der Waals surface area contributed by atoms with Crippen LogP contribution in [0.3, 0.4) is 0 Å². The van der Waals surface area contributed by atoms with Crippen molar-refractivity contribution in [3.63, 3.8) is 0 Å². The topological polar surface area (TPSA) is 72.5 Å². The summed E-state index contributed by atoms with van der Waals surface area (Å²) in [5.74, 6) is 0.978. The van der Waals surface area contributed by atoms with Crippen LogP contribution in [0.2, 0.25) is 0 Å². The van der Waals surface area contributed by atoms with Gasteiger partial charge in [0.1, 0.15) is 11.8 Å². The van der Waals surface area contributed by atoms with E-state index in [1.165, 1.54) is 0 Å². The Kier molecular flexibility index (Phi) is 5.19. The molecule has 1 aromatic heterocycles. The number of ether oxygens (including phenoxy) is 2. The van der Waals surface area contributed by atoms with Gasteiger partial charge in [0.2, 0.25) is 11.8 Å². The summed E-state index contributed by atoms with van der Waals surface area (Å²) in [4.78, 5) is 16.3. The third kappa shape index (κ3) is 3.88. The van der Waals surface area contributed by atoms with Crippen LogP contribution in [-0.2, 0) is 4.79 Å². The molecule has 0 aliphatic carbocycles. The third-order valence-corrected chi connectivity index (χ3v) is 3.09. The molecule has 1 heterocycles. The lowest BCUT2D eigenvalue weighted by Gasteiger charge is -2.16. The molecule has 116 valence electrons. The van der Waals surface area contributed by atoms with Gasteiger partial charge in [-0.2, -0.15) is 0 Å². The summed E-state index contributed by atoms with van der Waals surface area (Å²) in [5, 5.41) is 5.91. The summed E-state index contributed by atoms with van der Waals surface area (Å²) in [6.45, 7) is 1.77. The molecule has 1 amide bonds. The first-order valence-corrected chi connectivity index (χ1v) is 6.84. The summed E-state index contributed by atoms with van der Waals surface area (Å²) in [6, 6.07) is 10.4. The number of carbonyl (C=O) groups is 1. The van der Waals surface area contributed by atoms with Gasteiger partial charge in [0, 0.05) is 6.07 Å². The number of benzene rings is 1. The summed E-state index contributed by atoms with van der Waals surface area (Å²) in [5.41, 5.74) is 1.37. The molecule has 1 aromatic carbocycles. The zero-order chi connectivity index (χ0) is 15.9. The largest absolute Gasteiger partial charge is 0.495 e. The lowest BCUT2D eigenvalue weighted by molar-refractivity contribution is -0.116. The van der Waals surface area contributed by atoms with E-state index < -0.39 is 6.04 Å². The SMILES string of the molecule is COc1ccc(NC(C)C(=O)Nc2ccccc2OC)cn1. The highest BCUT2D eigenvalue weighted by Gasteiger charge is 2.14. The summed E-state index contributed by atoms with van der Waals surface area (Å²) in [7, 11) is 3.12. The molecule has 0 fully saturated rings. The number of nitrogens with zero attached hydrogens (tertiary/aromatic N) is 1. The van der Waals surface area contributed by atoms with Crippen LogP contribution < -0.4 is 20.1 Å². The second-order valence-electron chi connectivity index (χ2n) is 4.64. The maximum absolute atomic E-state index is 12.2. The number of nitrogens with one attached hydrogen (secondary N) is 2. The molecule has 1 atom stereocenters. The fraction of sp³-hybridized carbons (Fsp3) is 0.250. The molecule has 6 heteroatoms. The first-order valence-electron chi connectivity index (χ1n) is 6.84. The minimum atomic E-state index is -0.430. The number of amides is 1. The van der Waals surface area contributed by atoms with Gasteiger partial charge in [-0.05, 0) is 25.1 Å². The molecule has 6 nitrogen and oxygen atoms in total. The molecule has 22 heavy (non-hydrogen) atoms. The van der Waals surface area contributed by atoms with Gasteiger partial charge in [0.25, 0.3) is 0 Å². The molecular formula is C16H19N3O3. The van der Waals surface area contributed by atoms with Gasteiger partial charge < -0.3 is 20.1 Å². The second kappa shape index (κ2) is 7.31. The Bertz CT molecular complexity index is 629. The Morgan fingerprint density at radius 1 is 1.14 bits per heavy atom. The molecule has 2 rings (SSSR count). The van der Waals surface area contributed by atoms with Gasteiger partial charge in [-0.1, -0.05) is 12.1 Å². The number of hydrogen-bond acceptors (Lipinski definition) is 5. The van der Waals surface area contributed by atoms with Gasteiger partial charge in [-0.3, -0.25) is 4.79 Å². The van der Waals surface area contributed by atoms with E-state index >= 15 is 0 Å². The van der Waals surface area contributed by atoms with Gasteiger partial charge in [-0.25, -0.2) is 4.98 Å². The fourth-order valence-corrected chi connectivity index (χ4v) is 1.89. The van der Waals surface area contributed by atoms with Crippen molar-refractivity contribution in [2.75, 3.05) is 24.9 Å². The molecule has 2 aromatic rings. The number of methoxy groups -OCH3 is 2. The summed E-state index contributed by atoms with van der Waals surface area (Å²) < 4.78 is 10.2. The Morgan fingerprint density at radius 2 is 1.91 bits per heavy atom. The van der Waals surface area contributed by atoms with E-state index in [1.54, 1.807) is 51.6 Å². The fourth-order valence-electron chi connectivity index (χ4n) is 1.89. The Hall–Kier alpha value is -2.76. The number of rotatable bonds is 6. The molecule has 0 aliphatic rings. The molecule has 0 saturated carbocycles. The minimum Gasteiger partial charge on any atom is -0.495 e. The average Bonchev–Trinajstić information content (AvgIpc) is 2.56. The van der Waals surface area contributed by atoms with Crippen LogP contribution in [0.1, 0.15) is 6.92 Å². The van der Waals surface area contributed by atoms with Gasteiger partial charge in [0.05, 0.1) is 31.8 Å². The highest BCUT2D eigenvalue weighted by atomic mass is 16.5. The number of carbonyl (C=O) groups excluding carboxylic acids is 1. The van der Waals surface area contributed by atoms with Crippen molar-refractivity contribution >= 4 is 17.3 Å². The Morgan fingerprint density at radius 3 is 2.55 bits per heavy atom. The molecular weight excluding hydrogens is 282 g/mol. The Balaban J connectivity index is 1.99. The Labute approximate surface area is 129 Å². The predicted molar refractivity (Wildman–Crippen MR) is 85.5 cm³/mol. The van der Waals surface area contributed by atoms with Crippen molar-refractivity contribution in [1.29, 1.82) is 0 Å². The summed E-state index contributed by atoms with van der Waals surface area (Å²) in [6.07, 6.45) is 1.62. The lowest BCUT2D eigenvalue weighted by Crippen LogP contribution is -2.32. The quantitative estimate of drug-likeness (QED) is 0.858. The van der Waals surface area contributed by atoms with E-state index in [2.05, 4.69) is 15.6 Å². The second-order valence-corrected chi connectivity index (χ2v) is 4.64. The first-order chi connectivity index (χ1) is 10.6. The normalized spacial score (nSPS) is 11.4. The maximum atomic E-state index is 12.2. The standard InChI is InChI=1S/C16H19N3O3/c1-11(18-12-8-9-15(22-3)17-10-12)16(20)19-13-6-4-5-7-14(13)21-2/h4-11,18H,1-3H3,(H,19,20). The van der Waals surface area contributed by atoms with Crippen LogP contribution in [0.25, 0.3) is 0 Å². The van der Waals surface area contributed by atoms with Crippen molar-refractivity contribution in [2.24, 2.45) is 0 Å². The lowest BCUT2D eigenvalue weighted by atomic mass is 10.2. The molecule has 0 bridgehead atoms. The number of pyridine rings is 1. The van der Waals surface area contributed by atoms with E-state index in [4.69, 9.17) is 9.47 Å². The van der Waals surface area contributed by atoms with Crippen LogP contribution in [0.5, 0.6) is 11.6 Å². The summed E-state index contributed by atoms with van der Waals surface area (Å²) >= 11 is 0. The van der Waals surface area contributed by atoms with Crippen LogP contribution in [0, 0.1) is 0 Å². The highest BCUT2D eigenvalue weighted by Crippen LogP contribution is 2.23. The van der Waals surface area contributed by atoms with Crippen molar-refractivity contribution in [3.05, 3.63) is 42.6 Å². The monoisotopic (exact) mass is 301 g/mol. The minimum absolute atomic E-state index is 0.166. The van der Waals surface area contributed by atoms with E-state index in [-0.39, 0.29) is 5.91 Å².